The number of nitrogens with zero attached hydrogens (tertiary/aromatic N) is 1. The fourth-order valence-corrected chi connectivity index (χ4v) is 4.80. The van der Waals surface area contributed by atoms with E-state index in [0.717, 1.165) is 29.1 Å². The first-order valence-electron chi connectivity index (χ1n) is 11.8. The molecular formula is C28H31N3O2S. The summed E-state index contributed by atoms with van der Waals surface area (Å²) >= 11 is 1.51. The second-order valence-electron chi connectivity index (χ2n) is 8.73. The molecule has 0 spiro atoms. The fourth-order valence-electron chi connectivity index (χ4n) is 4.14. The normalized spacial score (nSPS) is 15.0. The largest absolute Gasteiger partial charge is 0.372 e. The topological polar surface area (TPSA) is 61.4 Å². The highest BCUT2D eigenvalue weighted by atomic mass is 32.1. The molecule has 4 rings (SSSR count). The van der Waals surface area contributed by atoms with E-state index >= 15 is 0 Å². The Morgan fingerprint density at radius 3 is 2.44 bits per heavy atom. The minimum absolute atomic E-state index is 0.203. The lowest BCUT2D eigenvalue weighted by Gasteiger charge is -2.29. The second-order valence-corrected chi connectivity index (χ2v) is 9.71. The van der Waals surface area contributed by atoms with Crippen molar-refractivity contribution >= 4 is 34.9 Å². The summed E-state index contributed by atoms with van der Waals surface area (Å²) in [6.45, 7) is 6.09. The van der Waals surface area contributed by atoms with Crippen LogP contribution in [0, 0.1) is 6.92 Å². The van der Waals surface area contributed by atoms with Gasteiger partial charge in [-0.15, -0.1) is 11.3 Å². The first-order chi connectivity index (χ1) is 16.5. The molecule has 2 amide bonds. The molecule has 1 aromatic heterocycles. The van der Waals surface area contributed by atoms with E-state index in [2.05, 4.69) is 39.8 Å². The fraction of sp³-hybridized carbons (Fsp3) is 0.286. The Bertz CT molecular complexity index is 1150. The van der Waals surface area contributed by atoms with Gasteiger partial charge < -0.3 is 15.5 Å². The molecule has 1 aliphatic heterocycles. The predicted molar refractivity (Wildman–Crippen MR) is 140 cm³/mol. The third kappa shape index (κ3) is 6.14. The van der Waals surface area contributed by atoms with Crippen molar-refractivity contribution in [2.24, 2.45) is 0 Å². The van der Waals surface area contributed by atoms with Gasteiger partial charge in [0.25, 0.3) is 11.8 Å². The highest BCUT2D eigenvalue weighted by molar-refractivity contribution is 7.10. The maximum Gasteiger partial charge on any atom is 0.268 e. The number of nitrogens with one attached hydrogen (secondary N) is 2. The predicted octanol–water partition coefficient (Wildman–Crippen LogP) is 5.70. The van der Waals surface area contributed by atoms with Crippen LogP contribution in [0.1, 0.15) is 58.6 Å². The molecule has 3 aromatic rings. The number of hydrogen-bond donors (Lipinski definition) is 2. The maximum atomic E-state index is 13.2. The number of benzene rings is 2. The van der Waals surface area contributed by atoms with Crippen molar-refractivity contribution in [3.8, 4) is 0 Å². The number of piperidine rings is 1. The van der Waals surface area contributed by atoms with Gasteiger partial charge >= 0.3 is 0 Å². The Kier molecular flexibility index (Phi) is 7.80. The summed E-state index contributed by atoms with van der Waals surface area (Å²) in [7, 11) is 0. The van der Waals surface area contributed by atoms with Crippen LogP contribution < -0.4 is 15.5 Å². The zero-order valence-corrected chi connectivity index (χ0v) is 20.5. The van der Waals surface area contributed by atoms with Gasteiger partial charge in [-0.1, -0.05) is 35.9 Å². The number of rotatable bonds is 7. The van der Waals surface area contributed by atoms with Crippen molar-refractivity contribution in [3.05, 3.63) is 93.3 Å². The average molecular weight is 474 g/mol. The molecular weight excluding hydrogens is 442 g/mol. The summed E-state index contributed by atoms with van der Waals surface area (Å²) < 4.78 is 0. The number of anilines is 1. The van der Waals surface area contributed by atoms with E-state index < -0.39 is 0 Å². The van der Waals surface area contributed by atoms with Crippen molar-refractivity contribution in [1.82, 2.24) is 10.6 Å². The minimum Gasteiger partial charge on any atom is -0.372 e. The summed E-state index contributed by atoms with van der Waals surface area (Å²) in [6, 6.07) is 19.4. The van der Waals surface area contributed by atoms with Gasteiger partial charge in [0.2, 0.25) is 0 Å². The highest BCUT2D eigenvalue weighted by Crippen LogP contribution is 2.23. The number of carbonyl (C=O) groups is 2. The van der Waals surface area contributed by atoms with Crippen LogP contribution in [0.15, 0.2) is 71.7 Å². The van der Waals surface area contributed by atoms with E-state index in [1.54, 1.807) is 12.1 Å². The van der Waals surface area contributed by atoms with Crippen LogP contribution in [0.3, 0.4) is 0 Å². The maximum absolute atomic E-state index is 13.2. The summed E-state index contributed by atoms with van der Waals surface area (Å²) in [4.78, 5) is 29.4. The van der Waals surface area contributed by atoms with Gasteiger partial charge in [0.1, 0.15) is 5.70 Å². The molecule has 2 heterocycles. The molecule has 176 valence electrons. The van der Waals surface area contributed by atoms with Crippen LogP contribution in [0.5, 0.6) is 0 Å². The molecule has 1 atom stereocenters. The van der Waals surface area contributed by atoms with Crippen LogP contribution >= 0.6 is 11.3 Å². The Morgan fingerprint density at radius 2 is 1.76 bits per heavy atom. The van der Waals surface area contributed by atoms with Gasteiger partial charge in [-0.05, 0) is 80.5 Å². The Balaban J connectivity index is 1.47. The number of aryl methyl sites for hydroxylation is 1. The van der Waals surface area contributed by atoms with Crippen LogP contribution in [0.4, 0.5) is 5.69 Å². The quantitative estimate of drug-likeness (QED) is 0.433. The van der Waals surface area contributed by atoms with E-state index in [0.29, 0.717) is 5.56 Å². The molecule has 2 aromatic carbocycles. The molecule has 34 heavy (non-hydrogen) atoms. The van der Waals surface area contributed by atoms with Crippen molar-refractivity contribution in [3.63, 3.8) is 0 Å². The average Bonchev–Trinajstić information content (AvgIpc) is 3.37. The molecule has 0 aliphatic carbocycles. The molecule has 0 saturated carbocycles. The van der Waals surface area contributed by atoms with Crippen molar-refractivity contribution in [2.75, 3.05) is 18.0 Å². The van der Waals surface area contributed by atoms with Gasteiger partial charge in [0.05, 0.1) is 6.04 Å². The van der Waals surface area contributed by atoms with E-state index in [4.69, 9.17) is 0 Å². The lowest BCUT2D eigenvalue weighted by Crippen LogP contribution is -2.36. The monoisotopic (exact) mass is 473 g/mol. The molecule has 2 N–H and O–H groups in total. The molecule has 1 unspecified atom stereocenters. The van der Waals surface area contributed by atoms with Crippen LogP contribution in [0.25, 0.3) is 6.08 Å². The SMILES string of the molecule is Cc1cccc(C(=O)N/C(=C\c2cccs2)C(=O)NC(C)c2ccc(N3CCCCC3)cc2)c1. The summed E-state index contributed by atoms with van der Waals surface area (Å²) in [6.07, 6.45) is 5.50. The highest BCUT2D eigenvalue weighted by Gasteiger charge is 2.18. The molecule has 1 fully saturated rings. The molecule has 6 heteroatoms. The van der Waals surface area contributed by atoms with Crippen molar-refractivity contribution in [2.45, 2.75) is 39.2 Å². The van der Waals surface area contributed by atoms with Crippen LogP contribution in [-0.2, 0) is 4.79 Å². The van der Waals surface area contributed by atoms with Gasteiger partial charge in [-0.3, -0.25) is 9.59 Å². The summed E-state index contributed by atoms with van der Waals surface area (Å²) in [5.41, 5.74) is 3.99. The van der Waals surface area contributed by atoms with Crippen molar-refractivity contribution < 1.29 is 9.59 Å². The minimum atomic E-state index is -0.318. The Morgan fingerprint density at radius 1 is 1.00 bits per heavy atom. The number of amides is 2. The molecule has 0 bridgehead atoms. The Labute approximate surface area is 205 Å². The zero-order valence-electron chi connectivity index (χ0n) is 19.7. The van der Waals surface area contributed by atoms with Crippen molar-refractivity contribution in [1.29, 1.82) is 0 Å². The van der Waals surface area contributed by atoms with E-state index in [1.165, 1.54) is 36.3 Å². The van der Waals surface area contributed by atoms with Gasteiger partial charge in [-0.25, -0.2) is 0 Å². The standard InChI is InChI=1S/C28H31N3O2S/c1-20-8-6-9-23(18-20)27(32)30-26(19-25-10-7-17-34-25)28(33)29-21(2)22-11-13-24(14-12-22)31-15-4-3-5-16-31/h6-14,17-19,21H,3-5,15-16H2,1-2H3,(H,29,33)(H,30,32)/b26-19-. The third-order valence-corrected chi connectivity index (χ3v) is 6.88. The third-order valence-electron chi connectivity index (χ3n) is 6.06. The number of hydrogen-bond acceptors (Lipinski definition) is 4. The van der Waals surface area contributed by atoms with Gasteiger partial charge in [0.15, 0.2) is 0 Å². The van der Waals surface area contributed by atoms with Crippen LogP contribution in [0.2, 0.25) is 0 Å². The van der Waals surface area contributed by atoms with Crippen LogP contribution in [-0.4, -0.2) is 24.9 Å². The first kappa shape index (κ1) is 23.8. The number of thiophene rings is 1. The van der Waals surface area contributed by atoms with E-state index in [1.807, 2.05) is 49.6 Å². The number of carbonyl (C=O) groups excluding carboxylic acids is 2. The summed E-state index contributed by atoms with van der Waals surface area (Å²) in [5, 5.41) is 7.80. The van der Waals surface area contributed by atoms with Gasteiger partial charge in [-0.2, -0.15) is 0 Å². The lowest BCUT2D eigenvalue weighted by molar-refractivity contribution is -0.118. The zero-order chi connectivity index (χ0) is 23.9. The van der Waals surface area contributed by atoms with E-state index in [9.17, 15) is 9.59 Å². The summed E-state index contributed by atoms with van der Waals surface area (Å²) in [5.74, 6) is -0.623. The van der Waals surface area contributed by atoms with E-state index in [-0.39, 0.29) is 23.6 Å². The molecule has 5 nitrogen and oxygen atoms in total. The molecule has 1 aliphatic rings. The Hall–Kier alpha value is -3.38. The van der Waals surface area contributed by atoms with Gasteiger partial charge in [0, 0.05) is 29.2 Å². The smallest absolute Gasteiger partial charge is 0.268 e. The lowest BCUT2D eigenvalue weighted by atomic mass is 10.1. The second kappa shape index (κ2) is 11.2. The molecule has 1 saturated heterocycles. The molecule has 0 radical (unpaired) electrons. The first-order valence-corrected chi connectivity index (χ1v) is 12.7.